The number of methoxy groups -OCH3 is 1. The molecule has 0 radical (unpaired) electrons. The van der Waals surface area contributed by atoms with E-state index in [4.69, 9.17) is 4.74 Å². The number of carboxylic acids is 1. The molecule has 1 fully saturated rings. The molecule has 2 rings (SSSR count). The molecule has 0 spiro atoms. The molecule has 1 heterocycles. The van der Waals surface area contributed by atoms with Gasteiger partial charge in [-0.15, -0.1) is 0 Å². The number of benzene rings is 1. The first-order chi connectivity index (χ1) is 12.7. The fourth-order valence-electron chi connectivity index (χ4n) is 3.06. The van der Waals surface area contributed by atoms with Crippen molar-refractivity contribution in [2.24, 2.45) is 11.8 Å². The van der Waals surface area contributed by atoms with Crippen molar-refractivity contribution in [3.05, 3.63) is 24.3 Å². The van der Waals surface area contributed by atoms with Crippen LogP contribution in [-0.4, -0.2) is 55.9 Å². The van der Waals surface area contributed by atoms with Gasteiger partial charge in [0.15, 0.2) is 0 Å². The van der Waals surface area contributed by atoms with Crippen molar-refractivity contribution in [3.8, 4) is 5.75 Å². The van der Waals surface area contributed by atoms with Gasteiger partial charge in [-0.25, -0.2) is 13.2 Å². The molecule has 0 aliphatic carbocycles. The van der Waals surface area contributed by atoms with Crippen LogP contribution in [0.2, 0.25) is 0 Å². The molecular weight excluding hydrogens is 372 g/mol. The van der Waals surface area contributed by atoms with E-state index < -0.39 is 33.9 Å². The van der Waals surface area contributed by atoms with Crippen LogP contribution in [0.4, 0.5) is 0 Å². The van der Waals surface area contributed by atoms with Gasteiger partial charge in [0, 0.05) is 13.1 Å². The minimum Gasteiger partial charge on any atom is -0.497 e. The summed E-state index contributed by atoms with van der Waals surface area (Å²) in [4.78, 5) is 23.9. The first-order valence-electron chi connectivity index (χ1n) is 8.84. The van der Waals surface area contributed by atoms with Crippen LogP contribution in [0.15, 0.2) is 29.2 Å². The molecule has 1 amide bonds. The molecule has 1 aromatic carbocycles. The number of carbonyl (C=O) groups is 2. The number of carbonyl (C=O) groups excluding carboxylic acids is 1. The van der Waals surface area contributed by atoms with Crippen LogP contribution in [0.3, 0.4) is 0 Å². The van der Waals surface area contributed by atoms with Gasteiger partial charge in [0.2, 0.25) is 15.9 Å². The van der Waals surface area contributed by atoms with Gasteiger partial charge in [-0.1, -0.05) is 13.8 Å². The van der Waals surface area contributed by atoms with Crippen molar-refractivity contribution in [2.75, 3.05) is 20.2 Å². The van der Waals surface area contributed by atoms with E-state index in [1.165, 1.54) is 23.5 Å². The minimum absolute atomic E-state index is 0.0324. The number of piperidine rings is 1. The van der Waals surface area contributed by atoms with E-state index in [-0.39, 0.29) is 17.4 Å². The zero-order chi connectivity index (χ0) is 20.2. The summed E-state index contributed by atoms with van der Waals surface area (Å²) in [7, 11) is -2.23. The van der Waals surface area contributed by atoms with E-state index in [1.807, 2.05) is 0 Å². The highest BCUT2D eigenvalue weighted by molar-refractivity contribution is 7.89. The van der Waals surface area contributed by atoms with Crippen LogP contribution in [0.5, 0.6) is 5.75 Å². The number of aliphatic carboxylic acids is 1. The number of ether oxygens (including phenoxy) is 1. The smallest absolute Gasteiger partial charge is 0.326 e. The predicted octanol–water partition coefficient (Wildman–Crippen LogP) is 1.32. The van der Waals surface area contributed by atoms with Crippen LogP contribution in [0.1, 0.15) is 26.7 Å². The molecule has 8 nitrogen and oxygen atoms in total. The normalized spacial score (nSPS) is 19.5. The largest absolute Gasteiger partial charge is 0.497 e. The van der Waals surface area contributed by atoms with Gasteiger partial charge in [-0.05, 0) is 43.0 Å². The number of hydrogen-bond acceptors (Lipinski definition) is 5. The van der Waals surface area contributed by atoms with E-state index in [0.29, 0.717) is 25.1 Å². The lowest BCUT2D eigenvalue weighted by Gasteiger charge is -2.32. The number of hydrogen-bond donors (Lipinski definition) is 2. The van der Waals surface area contributed by atoms with E-state index in [2.05, 4.69) is 5.32 Å². The third kappa shape index (κ3) is 4.98. The maximum absolute atomic E-state index is 12.9. The number of rotatable bonds is 7. The second-order valence-electron chi connectivity index (χ2n) is 6.95. The monoisotopic (exact) mass is 398 g/mol. The van der Waals surface area contributed by atoms with Crippen molar-refractivity contribution in [2.45, 2.75) is 37.6 Å². The lowest BCUT2D eigenvalue weighted by Crippen LogP contribution is -2.50. The fourth-order valence-corrected chi connectivity index (χ4v) is 4.58. The van der Waals surface area contributed by atoms with E-state index in [0.717, 1.165) is 0 Å². The molecule has 1 aliphatic heterocycles. The van der Waals surface area contributed by atoms with Crippen LogP contribution in [0, 0.1) is 11.8 Å². The zero-order valence-corrected chi connectivity index (χ0v) is 16.5. The Balaban J connectivity index is 2.12. The molecule has 0 saturated carbocycles. The first kappa shape index (κ1) is 21.2. The van der Waals surface area contributed by atoms with E-state index in [9.17, 15) is 23.1 Å². The number of nitrogens with zero attached hydrogens (tertiary/aromatic N) is 1. The molecule has 2 unspecified atom stereocenters. The summed E-state index contributed by atoms with van der Waals surface area (Å²) in [5, 5.41) is 11.8. The lowest BCUT2D eigenvalue weighted by atomic mass is 9.97. The van der Waals surface area contributed by atoms with Gasteiger partial charge in [-0.2, -0.15) is 4.31 Å². The summed E-state index contributed by atoms with van der Waals surface area (Å²) in [6.45, 7) is 3.77. The molecule has 9 heteroatoms. The fraction of sp³-hybridized carbons (Fsp3) is 0.556. The average Bonchev–Trinajstić information content (AvgIpc) is 2.65. The summed E-state index contributed by atoms with van der Waals surface area (Å²) in [5.41, 5.74) is 0. The van der Waals surface area contributed by atoms with Crippen molar-refractivity contribution < 1.29 is 27.9 Å². The number of amides is 1. The Morgan fingerprint density at radius 1 is 1.26 bits per heavy atom. The Morgan fingerprint density at radius 2 is 1.89 bits per heavy atom. The van der Waals surface area contributed by atoms with Crippen LogP contribution < -0.4 is 10.1 Å². The number of carboxylic acid groups (broad SMARTS) is 1. The van der Waals surface area contributed by atoms with Gasteiger partial charge >= 0.3 is 5.97 Å². The quantitative estimate of drug-likeness (QED) is 0.716. The topological polar surface area (TPSA) is 113 Å². The van der Waals surface area contributed by atoms with Crippen LogP contribution >= 0.6 is 0 Å². The van der Waals surface area contributed by atoms with Crippen LogP contribution in [-0.2, 0) is 19.6 Å². The summed E-state index contributed by atoms with van der Waals surface area (Å²) >= 11 is 0. The third-order valence-electron chi connectivity index (χ3n) is 4.68. The average molecular weight is 398 g/mol. The molecule has 0 aromatic heterocycles. The third-order valence-corrected chi connectivity index (χ3v) is 6.56. The van der Waals surface area contributed by atoms with Gasteiger partial charge in [0.25, 0.3) is 0 Å². The molecule has 150 valence electrons. The molecule has 1 aromatic rings. The number of sulfonamides is 1. The zero-order valence-electron chi connectivity index (χ0n) is 15.7. The Kier molecular flexibility index (Phi) is 6.83. The van der Waals surface area contributed by atoms with E-state index >= 15 is 0 Å². The summed E-state index contributed by atoms with van der Waals surface area (Å²) in [6, 6.07) is 5.09. The summed E-state index contributed by atoms with van der Waals surface area (Å²) in [6.07, 6.45) is 1.05. The van der Waals surface area contributed by atoms with Gasteiger partial charge < -0.3 is 15.2 Å². The number of nitrogens with one attached hydrogen (secondary N) is 1. The highest BCUT2D eigenvalue weighted by atomic mass is 32.2. The van der Waals surface area contributed by atoms with Gasteiger partial charge in [0.1, 0.15) is 11.8 Å². The standard InChI is InChI=1S/C18H26N2O6S/c1-12(2)16(18(22)23)19-17(21)13-5-4-10-20(11-13)27(24,25)15-8-6-14(26-3)7-9-15/h6-9,12-13,16H,4-5,10-11H2,1-3H3,(H,19,21)(H,22,23). The van der Waals surface area contributed by atoms with Gasteiger partial charge in [0.05, 0.1) is 17.9 Å². The summed E-state index contributed by atoms with van der Waals surface area (Å²) in [5.74, 6) is -1.82. The SMILES string of the molecule is COc1ccc(S(=O)(=O)N2CCCC(C(=O)NC(C(=O)O)C(C)C)C2)cc1. The van der Waals surface area contributed by atoms with Crippen LogP contribution in [0.25, 0.3) is 0 Å². The second kappa shape index (κ2) is 8.71. The molecule has 1 aliphatic rings. The van der Waals surface area contributed by atoms with Crippen molar-refractivity contribution in [3.63, 3.8) is 0 Å². The van der Waals surface area contributed by atoms with Gasteiger partial charge in [-0.3, -0.25) is 4.79 Å². The Morgan fingerprint density at radius 3 is 2.41 bits per heavy atom. The molecular formula is C18H26N2O6S. The highest BCUT2D eigenvalue weighted by Gasteiger charge is 2.35. The minimum atomic E-state index is -3.73. The predicted molar refractivity (Wildman–Crippen MR) is 98.9 cm³/mol. The molecule has 0 bridgehead atoms. The lowest BCUT2D eigenvalue weighted by molar-refractivity contribution is -0.144. The molecule has 27 heavy (non-hydrogen) atoms. The van der Waals surface area contributed by atoms with Crippen molar-refractivity contribution >= 4 is 21.9 Å². The molecule has 2 atom stereocenters. The second-order valence-corrected chi connectivity index (χ2v) is 8.88. The summed E-state index contributed by atoms with van der Waals surface area (Å²) < 4.78 is 32.0. The Bertz CT molecular complexity index is 776. The molecule has 1 saturated heterocycles. The first-order valence-corrected chi connectivity index (χ1v) is 10.3. The highest BCUT2D eigenvalue weighted by Crippen LogP contribution is 2.25. The maximum atomic E-state index is 12.9. The van der Waals surface area contributed by atoms with E-state index in [1.54, 1.807) is 26.0 Å². The maximum Gasteiger partial charge on any atom is 0.326 e. The molecule has 2 N–H and O–H groups in total. The Hall–Kier alpha value is -2.13. The Labute approximate surface area is 159 Å². The van der Waals surface area contributed by atoms with Crippen molar-refractivity contribution in [1.82, 2.24) is 9.62 Å². The van der Waals surface area contributed by atoms with Crippen molar-refractivity contribution in [1.29, 1.82) is 0 Å².